The van der Waals surface area contributed by atoms with Gasteiger partial charge in [0.1, 0.15) is 5.82 Å². The van der Waals surface area contributed by atoms with Crippen molar-refractivity contribution < 1.29 is 4.39 Å². The van der Waals surface area contributed by atoms with Crippen molar-refractivity contribution >= 4 is 0 Å². The van der Waals surface area contributed by atoms with E-state index in [-0.39, 0.29) is 5.82 Å². The minimum absolute atomic E-state index is 0.217. The standard InChI is InChI=1S/C14H18FN3/c1-10(2)16-9-13-6-7-18(17-13)14-5-4-12(15)8-11(14)3/h4-8,10,16H,9H2,1-3H3. The van der Waals surface area contributed by atoms with Crippen LogP contribution in [0, 0.1) is 12.7 Å². The predicted molar refractivity (Wildman–Crippen MR) is 70.2 cm³/mol. The maximum atomic E-state index is 13.0. The molecule has 0 radical (unpaired) electrons. The van der Waals surface area contributed by atoms with Crippen LogP contribution in [0.3, 0.4) is 0 Å². The predicted octanol–water partition coefficient (Wildman–Crippen LogP) is 2.82. The number of halogens is 1. The van der Waals surface area contributed by atoms with Crippen molar-refractivity contribution in [1.82, 2.24) is 15.1 Å². The van der Waals surface area contributed by atoms with E-state index in [0.717, 1.165) is 23.5 Å². The average molecular weight is 247 g/mol. The molecule has 0 aliphatic heterocycles. The van der Waals surface area contributed by atoms with Gasteiger partial charge >= 0.3 is 0 Å². The van der Waals surface area contributed by atoms with E-state index in [1.807, 2.05) is 19.2 Å². The molecule has 0 aliphatic rings. The zero-order valence-electron chi connectivity index (χ0n) is 10.9. The molecule has 18 heavy (non-hydrogen) atoms. The Hall–Kier alpha value is -1.68. The Labute approximate surface area is 107 Å². The van der Waals surface area contributed by atoms with E-state index in [9.17, 15) is 4.39 Å². The fraction of sp³-hybridized carbons (Fsp3) is 0.357. The number of rotatable bonds is 4. The number of aromatic nitrogens is 2. The van der Waals surface area contributed by atoms with Crippen LogP contribution in [0.25, 0.3) is 5.69 Å². The van der Waals surface area contributed by atoms with Gasteiger partial charge in [0.05, 0.1) is 11.4 Å². The largest absolute Gasteiger partial charge is 0.309 e. The molecule has 0 aliphatic carbocycles. The van der Waals surface area contributed by atoms with Gasteiger partial charge in [-0.15, -0.1) is 0 Å². The lowest BCUT2D eigenvalue weighted by Gasteiger charge is -2.07. The first kappa shape index (κ1) is 12.8. The van der Waals surface area contributed by atoms with Gasteiger partial charge in [-0.1, -0.05) is 13.8 Å². The van der Waals surface area contributed by atoms with Gasteiger partial charge in [-0.05, 0) is 36.8 Å². The van der Waals surface area contributed by atoms with Gasteiger partial charge in [0, 0.05) is 18.8 Å². The Morgan fingerprint density at radius 1 is 1.33 bits per heavy atom. The highest BCUT2D eigenvalue weighted by Gasteiger charge is 2.05. The van der Waals surface area contributed by atoms with Crippen LogP contribution in [0.2, 0.25) is 0 Å². The topological polar surface area (TPSA) is 29.9 Å². The van der Waals surface area contributed by atoms with Crippen molar-refractivity contribution in [3.63, 3.8) is 0 Å². The fourth-order valence-electron chi connectivity index (χ4n) is 1.77. The summed E-state index contributed by atoms with van der Waals surface area (Å²) in [6.45, 7) is 6.82. The van der Waals surface area contributed by atoms with Gasteiger partial charge in [0.15, 0.2) is 0 Å². The summed E-state index contributed by atoms with van der Waals surface area (Å²) in [5.41, 5.74) is 2.76. The zero-order chi connectivity index (χ0) is 13.1. The van der Waals surface area contributed by atoms with Crippen molar-refractivity contribution in [3.8, 4) is 5.69 Å². The highest BCUT2D eigenvalue weighted by molar-refractivity contribution is 5.39. The summed E-state index contributed by atoms with van der Waals surface area (Å²) in [7, 11) is 0. The Kier molecular flexibility index (Phi) is 3.77. The Morgan fingerprint density at radius 2 is 2.11 bits per heavy atom. The smallest absolute Gasteiger partial charge is 0.123 e. The van der Waals surface area contributed by atoms with Crippen LogP contribution in [-0.4, -0.2) is 15.8 Å². The Morgan fingerprint density at radius 3 is 2.78 bits per heavy atom. The molecule has 0 spiro atoms. The van der Waals surface area contributed by atoms with Crippen LogP contribution in [0.15, 0.2) is 30.5 Å². The first-order valence-corrected chi connectivity index (χ1v) is 6.10. The number of aryl methyl sites for hydroxylation is 1. The second-order valence-electron chi connectivity index (χ2n) is 4.72. The third kappa shape index (κ3) is 2.96. The molecular weight excluding hydrogens is 229 g/mol. The van der Waals surface area contributed by atoms with Crippen LogP contribution >= 0.6 is 0 Å². The molecule has 3 nitrogen and oxygen atoms in total. The van der Waals surface area contributed by atoms with E-state index in [0.29, 0.717) is 6.04 Å². The maximum Gasteiger partial charge on any atom is 0.123 e. The molecular formula is C14H18FN3. The van der Waals surface area contributed by atoms with Crippen molar-refractivity contribution in [3.05, 3.63) is 47.5 Å². The van der Waals surface area contributed by atoms with Crippen molar-refractivity contribution in [2.45, 2.75) is 33.4 Å². The second kappa shape index (κ2) is 5.31. The summed E-state index contributed by atoms with van der Waals surface area (Å²) >= 11 is 0. The molecule has 0 atom stereocenters. The van der Waals surface area contributed by atoms with Crippen molar-refractivity contribution in [1.29, 1.82) is 0 Å². The summed E-state index contributed by atoms with van der Waals surface area (Å²) < 4.78 is 14.8. The maximum absolute atomic E-state index is 13.0. The first-order chi connectivity index (χ1) is 8.56. The number of hydrogen-bond donors (Lipinski definition) is 1. The Balaban J connectivity index is 2.18. The van der Waals surface area contributed by atoms with Crippen LogP contribution in [0.4, 0.5) is 4.39 Å². The molecule has 0 amide bonds. The monoisotopic (exact) mass is 247 g/mol. The van der Waals surface area contributed by atoms with E-state index in [2.05, 4.69) is 24.3 Å². The minimum Gasteiger partial charge on any atom is -0.309 e. The van der Waals surface area contributed by atoms with E-state index in [4.69, 9.17) is 0 Å². The van der Waals surface area contributed by atoms with Crippen LogP contribution in [-0.2, 0) is 6.54 Å². The number of nitrogens with zero attached hydrogens (tertiary/aromatic N) is 2. The highest BCUT2D eigenvalue weighted by atomic mass is 19.1. The molecule has 0 bridgehead atoms. The van der Waals surface area contributed by atoms with Gasteiger partial charge in [0.2, 0.25) is 0 Å². The summed E-state index contributed by atoms with van der Waals surface area (Å²) in [6, 6.07) is 7.12. The summed E-state index contributed by atoms with van der Waals surface area (Å²) in [5, 5.41) is 7.79. The number of hydrogen-bond acceptors (Lipinski definition) is 2. The molecule has 1 aromatic carbocycles. The molecule has 2 rings (SSSR count). The molecule has 96 valence electrons. The molecule has 0 unspecified atom stereocenters. The fourth-order valence-corrected chi connectivity index (χ4v) is 1.77. The average Bonchev–Trinajstić information content (AvgIpc) is 2.75. The third-order valence-corrected chi connectivity index (χ3v) is 2.74. The molecule has 1 N–H and O–H groups in total. The van der Waals surface area contributed by atoms with Crippen LogP contribution < -0.4 is 5.32 Å². The highest BCUT2D eigenvalue weighted by Crippen LogP contribution is 2.14. The molecule has 0 saturated carbocycles. The number of nitrogens with one attached hydrogen (secondary N) is 1. The lowest BCUT2D eigenvalue weighted by molar-refractivity contribution is 0.578. The van der Waals surface area contributed by atoms with Gasteiger partial charge in [-0.25, -0.2) is 9.07 Å². The molecule has 0 fully saturated rings. The third-order valence-electron chi connectivity index (χ3n) is 2.74. The van der Waals surface area contributed by atoms with E-state index in [1.54, 1.807) is 10.7 Å². The van der Waals surface area contributed by atoms with Gasteiger partial charge in [-0.3, -0.25) is 0 Å². The van der Waals surface area contributed by atoms with Crippen LogP contribution in [0.5, 0.6) is 0 Å². The normalized spacial score (nSPS) is 11.2. The van der Waals surface area contributed by atoms with E-state index in [1.165, 1.54) is 12.1 Å². The van der Waals surface area contributed by atoms with E-state index >= 15 is 0 Å². The van der Waals surface area contributed by atoms with Gasteiger partial charge in [0.25, 0.3) is 0 Å². The SMILES string of the molecule is Cc1cc(F)ccc1-n1ccc(CNC(C)C)n1. The van der Waals surface area contributed by atoms with Crippen LogP contribution in [0.1, 0.15) is 25.1 Å². The molecule has 2 aromatic rings. The minimum atomic E-state index is -0.217. The van der Waals surface area contributed by atoms with Crippen molar-refractivity contribution in [2.24, 2.45) is 0 Å². The summed E-state index contributed by atoms with van der Waals surface area (Å²) in [6.07, 6.45) is 1.90. The second-order valence-corrected chi connectivity index (χ2v) is 4.72. The van der Waals surface area contributed by atoms with Crippen molar-refractivity contribution in [2.75, 3.05) is 0 Å². The van der Waals surface area contributed by atoms with Gasteiger partial charge < -0.3 is 5.32 Å². The Bertz CT molecular complexity index is 532. The summed E-state index contributed by atoms with van der Waals surface area (Å²) in [5.74, 6) is -0.217. The molecule has 0 saturated heterocycles. The van der Waals surface area contributed by atoms with Gasteiger partial charge in [-0.2, -0.15) is 5.10 Å². The first-order valence-electron chi connectivity index (χ1n) is 6.10. The zero-order valence-corrected chi connectivity index (χ0v) is 10.9. The number of benzene rings is 1. The molecule has 4 heteroatoms. The molecule has 1 aromatic heterocycles. The summed E-state index contributed by atoms with van der Waals surface area (Å²) in [4.78, 5) is 0. The quantitative estimate of drug-likeness (QED) is 0.900. The molecule has 1 heterocycles. The lowest BCUT2D eigenvalue weighted by Crippen LogP contribution is -2.22. The van der Waals surface area contributed by atoms with E-state index < -0.39 is 0 Å². The lowest BCUT2D eigenvalue weighted by atomic mass is 10.2.